The van der Waals surface area contributed by atoms with Gasteiger partial charge in [0.25, 0.3) is 5.56 Å². The van der Waals surface area contributed by atoms with Crippen molar-refractivity contribution in [2.75, 3.05) is 6.54 Å². The molecule has 3 aromatic rings. The summed E-state index contributed by atoms with van der Waals surface area (Å²) in [6.45, 7) is 2.15. The minimum Gasteiger partial charge on any atom is -0.330 e. The van der Waals surface area contributed by atoms with E-state index in [1.807, 2.05) is 31.2 Å². The van der Waals surface area contributed by atoms with E-state index in [0.29, 0.717) is 24.1 Å². The molecule has 3 rings (SSSR count). The third-order valence-electron chi connectivity index (χ3n) is 3.84. The van der Waals surface area contributed by atoms with Crippen LogP contribution in [0.2, 0.25) is 0 Å². The molecule has 0 aliphatic heterocycles. The topological polar surface area (TPSA) is 47.5 Å². The molecule has 0 saturated heterocycles. The van der Waals surface area contributed by atoms with Crippen LogP contribution in [0.4, 0.5) is 8.78 Å². The number of nitrogens with two attached hydrogens (primary N) is 1. The van der Waals surface area contributed by atoms with E-state index in [2.05, 4.69) is 0 Å². The van der Waals surface area contributed by atoms with Crippen LogP contribution in [0, 0.1) is 18.6 Å². The van der Waals surface area contributed by atoms with E-state index >= 15 is 0 Å². The Morgan fingerprint density at radius 3 is 2.43 bits per heavy atom. The van der Waals surface area contributed by atoms with Gasteiger partial charge in [-0.3, -0.25) is 9.20 Å². The van der Waals surface area contributed by atoms with Crippen LogP contribution < -0.4 is 11.3 Å². The Hall–Kier alpha value is -2.53. The van der Waals surface area contributed by atoms with E-state index in [0.717, 1.165) is 17.3 Å². The number of hydrogen-bond donors (Lipinski definition) is 1. The zero-order valence-electron chi connectivity index (χ0n) is 12.6. The lowest BCUT2D eigenvalue weighted by Gasteiger charge is -2.13. The summed E-state index contributed by atoms with van der Waals surface area (Å²) in [5.41, 5.74) is 8.04. The van der Waals surface area contributed by atoms with Crippen LogP contribution in [0.15, 0.2) is 47.3 Å². The molecule has 0 fully saturated rings. The predicted octanol–water partition coefficient (Wildman–Crippen LogP) is 3.05. The fourth-order valence-electron chi connectivity index (χ4n) is 2.89. The van der Waals surface area contributed by atoms with Crippen molar-refractivity contribution >= 4 is 5.52 Å². The van der Waals surface area contributed by atoms with Gasteiger partial charge in [-0.2, -0.15) is 0 Å². The van der Waals surface area contributed by atoms with Gasteiger partial charge in [-0.05, 0) is 61.3 Å². The summed E-state index contributed by atoms with van der Waals surface area (Å²) in [4.78, 5) is 12.9. The van der Waals surface area contributed by atoms with Crippen LogP contribution in [-0.4, -0.2) is 10.9 Å². The van der Waals surface area contributed by atoms with Crippen LogP contribution in [-0.2, 0) is 6.42 Å². The zero-order valence-corrected chi connectivity index (χ0v) is 12.6. The zero-order chi connectivity index (χ0) is 16.6. The SMILES string of the molecule is Cc1cccc2cc(CCN)c(-c3cc(F)cc(F)c3)c(=O)n12. The van der Waals surface area contributed by atoms with Crippen molar-refractivity contribution in [1.29, 1.82) is 0 Å². The second-order valence-corrected chi connectivity index (χ2v) is 5.47. The largest absolute Gasteiger partial charge is 0.330 e. The maximum Gasteiger partial charge on any atom is 0.263 e. The van der Waals surface area contributed by atoms with Gasteiger partial charge in [0.15, 0.2) is 0 Å². The fourth-order valence-corrected chi connectivity index (χ4v) is 2.89. The Labute approximate surface area is 132 Å². The Kier molecular flexibility index (Phi) is 3.96. The molecular weight excluding hydrogens is 298 g/mol. The van der Waals surface area contributed by atoms with Gasteiger partial charge in [0.1, 0.15) is 11.6 Å². The van der Waals surface area contributed by atoms with Gasteiger partial charge in [-0.15, -0.1) is 0 Å². The number of aryl methyl sites for hydroxylation is 1. The molecule has 0 aliphatic carbocycles. The average molecular weight is 314 g/mol. The number of hydrogen-bond acceptors (Lipinski definition) is 2. The molecule has 5 heteroatoms. The summed E-state index contributed by atoms with van der Waals surface area (Å²) in [6, 6.07) is 10.5. The minimum absolute atomic E-state index is 0.230. The molecule has 1 aromatic carbocycles. The van der Waals surface area contributed by atoms with Gasteiger partial charge < -0.3 is 5.73 Å². The smallest absolute Gasteiger partial charge is 0.263 e. The Balaban J connectivity index is 2.42. The first-order chi connectivity index (χ1) is 11.0. The molecule has 0 unspecified atom stereocenters. The molecule has 0 amide bonds. The number of rotatable bonds is 3. The Bertz CT molecular complexity index is 927. The minimum atomic E-state index is -0.715. The first-order valence-corrected chi connectivity index (χ1v) is 7.32. The predicted molar refractivity (Wildman–Crippen MR) is 86.5 cm³/mol. The summed E-state index contributed by atoms with van der Waals surface area (Å²) >= 11 is 0. The lowest BCUT2D eigenvalue weighted by Crippen LogP contribution is -2.21. The van der Waals surface area contributed by atoms with E-state index in [9.17, 15) is 13.6 Å². The fraction of sp³-hybridized carbons (Fsp3) is 0.167. The van der Waals surface area contributed by atoms with Gasteiger partial charge in [-0.1, -0.05) is 6.07 Å². The number of benzene rings is 1. The standard InChI is InChI=1S/C18H16F2N2O/c1-11-3-2-4-16-9-12(5-6-21)17(18(23)22(11)16)13-7-14(19)10-15(20)8-13/h2-4,7-10H,5-6,21H2,1H3. The van der Waals surface area contributed by atoms with E-state index in [-0.39, 0.29) is 11.1 Å². The van der Waals surface area contributed by atoms with E-state index in [1.165, 1.54) is 16.5 Å². The van der Waals surface area contributed by atoms with E-state index < -0.39 is 11.6 Å². The highest BCUT2D eigenvalue weighted by Crippen LogP contribution is 2.24. The van der Waals surface area contributed by atoms with Crippen molar-refractivity contribution in [1.82, 2.24) is 4.40 Å². The molecule has 2 heterocycles. The van der Waals surface area contributed by atoms with Crippen LogP contribution in [0.25, 0.3) is 16.6 Å². The average Bonchev–Trinajstić information content (AvgIpc) is 2.46. The summed E-state index contributed by atoms with van der Waals surface area (Å²) in [7, 11) is 0. The number of aromatic nitrogens is 1. The molecular formula is C18H16F2N2O. The van der Waals surface area contributed by atoms with Crippen LogP contribution >= 0.6 is 0 Å². The first-order valence-electron chi connectivity index (χ1n) is 7.32. The van der Waals surface area contributed by atoms with Gasteiger partial charge in [0.2, 0.25) is 0 Å². The molecule has 3 nitrogen and oxygen atoms in total. The molecule has 23 heavy (non-hydrogen) atoms. The summed E-state index contributed by atoms with van der Waals surface area (Å²) in [5.74, 6) is -1.43. The van der Waals surface area contributed by atoms with Crippen LogP contribution in [0.3, 0.4) is 0 Å². The second-order valence-electron chi connectivity index (χ2n) is 5.47. The van der Waals surface area contributed by atoms with Crippen molar-refractivity contribution in [2.24, 2.45) is 5.73 Å². The summed E-state index contributed by atoms with van der Waals surface area (Å²) < 4.78 is 28.7. The molecule has 0 spiro atoms. The van der Waals surface area contributed by atoms with Crippen molar-refractivity contribution < 1.29 is 8.78 Å². The second kappa shape index (κ2) is 5.93. The molecule has 0 bridgehead atoms. The maximum absolute atomic E-state index is 13.6. The quantitative estimate of drug-likeness (QED) is 0.808. The van der Waals surface area contributed by atoms with Crippen LogP contribution in [0.5, 0.6) is 0 Å². The number of fused-ring (bicyclic) bond motifs is 1. The molecule has 118 valence electrons. The Morgan fingerprint density at radius 1 is 1.09 bits per heavy atom. The lowest BCUT2D eigenvalue weighted by molar-refractivity contribution is 0.584. The third kappa shape index (κ3) is 2.75. The third-order valence-corrected chi connectivity index (χ3v) is 3.84. The van der Waals surface area contributed by atoms with E-state index in [1.54, 1.807) is 0 Å². The first kappa shape index (κ1) is 15.4. The molecule has 0 radical (unpaired) electrons. The number of halogens is 2. The highest BCUT2D eigenvalue weighted by molar-refractivity contribution is 5.70. The van der Waals surface area contributed by atoms with E-state index in [4.69, 9.17) is 5.73 Å². The highest BCUT2D eigenvalue weighted by atomic mass is 19.1. The van der Waals surface area contributed by atoms with Crippen molar-refractivity contribution in [3.8, 4) is 11.1 Å². The van der Waals surface area contributed by atoms with Gasteiger partial charge in [-0.25, -0.2) is 8.78 Å². The summed E-state index contributed by atoms with van der Waals surface area (Å²) in [6.07, 6.45) is 0.452. The number of nitrogens with zero attached hydrogens (tertiary/aromatic N) is 1. The normalized spacial score (nSPS) is 11.1. The Morgan fingerprint density at radius 2 is 1.78 bits per heavy atom. The molecule has 2 aromatic heterocycles. The van der Waals surface area contributed by atoms with Crippen molar-refractivity contribution in [3.63, 3.8) is 0 Å². The lowest BCUT2D eigenvalue weighted by atomic mass is 9.98. The van der Waals surface area contributed by atoms with Crippen molar-refractivity contribution in [3.05, 3.63) is 75.7 Å². The van der Waals surface area contributed by atoms with Crippen LogP contribution in [0.1, 0.15) is 11.3 Å². The molecule has 0 saturated carbocycles. The maximum atomic E-state index is 13.6. The number of pyridine rings is 2. The highest BCUT2D eigenvalue weighted by Gasteiger charge is 2.15. The van der Waals surface area contributed by atoms with Gasteiger partial charge in [0, 0.05) is 17.3 Å². The molecule has 0 aliphatic rings. The monoisotopic (exact) mass is 314 g/mol. The molecule has 2 N–H and O–H groups in total. The summed E-state index contributed by atoms with van der Waals surface area (Å²) in [5, 5.41) is 0. The van der Waals surface area contributed by atoms with Gasteiger partial charge >= 0.3 is 0 Å². The van der Waals surface area contributed by atoms with Crippen molar-refractivity contribution in [2.45, 2.75) is 13.3 Å². The molecule has 0 atom stereocenters. The van der Waals surface area contributed by atoms with Gasteiger partial charge in [0.05, 0.1) is 5.56 Å².